The van der Waals surface area contributed by atoms with Crippen LogP contribution >= 0.6 is 28.9 Å². The lowest BCUT2D eigenvalue weighted by Gasteiger charge is -2.27. The number of benzene rings is 3. The summed E-state index contributed by atoms with van der Waals surface area (Å²) in [6.45, 7) is 3.87. The second kappa shape index (κ2) is 24.4. The largest absolute Gasteiger partial charge is 0.465 e. The third kappa shape index (κ3) is 14.8. The molecule has 3 rings (SSSR count). The zero-order valence-corrected chi connectivity index (χ0v) is 33.0. The topological polar surface area (TPSA) is 166 Å². The van der Waals surface area contributed by atoms with E-state index in [1.54, 1.807) is 13.8 Å². The van der Waals surface area contributed by atoms with E-state index in [2.05, 4.69) is 107 Å². The molecule has 0 saturated carbocycles. The molecule has 286 valence electrons. The molecule has 11 nitrogen and oxygen atoms in total. The first-order valence-corrected chi connectivity index (χ1v) is 22.4. The number of amides is 3. The molecule has 0 bridgehead atoms. The van der Waals surface area contributed by atoms with Crippen LogP contribution in [0.3, 0.4) is 0 Å². The predicted octanol–water partition coefficient (Wildman–Crippen LogP) is 3.48. The molecule has 53 heavy (non-hydrogen) atoms. The maximum absolute atomic E-state index is 12.8. The first-order valence-electron chi connectivity index (χ1n) is 17.9. The van der Waals surface area contributed by atoms with E-state index in [9.17, 15) is 24.0 Å². The summed E-state index contributed by atoms with van der Waals surface area (Å²) in [6, 6.07) is 30.4. The summed E-state index contributed by atoms with van der Waals surface area (Å²) in [5, 5.41) is 12.2. The lowest BCUT2D eigenvalue weighted by molar-refractivity contribution is -0.145. The number of unbranched alkanes of at least 4 members (excludes halogenated alkanes) is 2. The van der Waals surface area contributed by atoms with E-state index in [0.29, 0.717) is 6.54 Å². The Morgan fingerprint density at radius 3 is 1.83 bits per heavy atom. The van der Waals surface area contributed by atoms with Gasteiger partial charge in [-0.2, -0.15) is 0 Å². The molecular formula is C39H52N4O7PS2+. The van der Waals surface area contributed by atoms with Gasteiger partial charge in [-0.25, -0.2) is 0 Å². The third-order valence-corrected chi connectivity index (χ3v) is 15.0. The smallest absolute Gasteiger partial charge is 0.325 e. The Hall–Kier alpha value is -3.90. The maximum atomic E-state index is 12.8. The van der Waals surface area contributed by atoms with Crippen LogP contribution in [0.4, 0.5) is 0 Å². The van der Waals surface area contributed by atoms with Crippen LogP contribution in [0.25, 0.3) is 0 Å². The van der Waals surface area contributed by atoms with Crippen LogP contribution in [0, 0.1) is 0 Å². The van der Waals surface area contributed by atoms with Crippen LogP contribution in [-0.4, -0.2) is 85.7 Å². The van der Waals surface area contributed by atoms with E-state index in [1.807, 2.05) is 0 Å². The molecular weight excluding hydrogens is 732 g/mol. The summed E-state index contributed by atoms with van der Waals surface area (Å²) in [6.07, 6.45) is 3.77. The van der Waals surface area contributed by atoms with E-state index >= 15 is 0 Å². The second-order valence-corrected chi connectivity index (χ2v) is 18.2. The van der Waals surface area contributed by atoms with Gasteiger partial charge in [0.25, 0.3) is 0 Å². The number of esters is 2. The summed E-state index contributed by atoms with van der Waals surface area (Å²) in [5.41, 5.74) is 5.79. The molecule has 2 atom stereocenters. The molecule has 0 unspecified atom stereocenters. The van der Waals surface area contributed by atoms with Crippen molar-refractivity contribution in [2.45, 2.75) is 58.0 Å². The van der Waals surface area contributed by atoms with Crippen molar-refractivity contribution >= 4 is 74.4 Å². The second-order valence-electron chi connectivity index (χ2n) is 12.0. The van der Waals surface area contributed by atoms with Crippen molar-refractivity contribution < 1.29 is 33.4 Å². The fourth-order valence-corrected chi connectivity index (χ4v) is 12.1. The summed E-state index contributed by atoms with van der Waals surface area (Å²) in [4.78, 5) is 61.7. The molecule has 0 spiro atoms. The number of nitrogens with two attached hydrogens (primary N) is 1. The highest BCUT2D eigenvalue weighted by Gasteiger charge is 2.44. The lowest BCUT2D eigenvalue weighted by Crippen LogP contribution is -2.49. The van der Waals surface area contributed by atoms with Gasteiger partial charge in [-0.1, -0.05) is 76.2 Å². The van der Waals surface area contributed by atoms with Crippen molar-refractivity contribution in [3.8, 4) is 0 Å². The number of carbonyl (C=O) groups is 5. The minimum Gasteiger partial charge on any atom is -0.465 e. The van der Waals surface area contributed by atoms with Crippen LogP contribution in [0.15, 0.2) is 91.0 Å². The van der Waals surface area contributed by atoms with Crippen LogP contribution in [0.1, 0.15) is 46.0 Å². The first-order chi connectivity index (χ1) is 25.7. The Labute approximate surface area is 321 Å². The normalized spacial score (nSPS) is 12.2. The van der Waals surface area contributed by atoms with Crippen LogP contribution in [0.5, 0.6) is 0 Å². The Balaban J connectivity index is 1.47. The maximum Gasteiger partial charge on any atom is 0.325 e. The van der Waals surface area contributed by atoms with Gasteiger partial charge in [0.05, 0.1) is 25.1 Å². The Morgan fingerprint density at radius 1 is 0.717 bits per heavy atom. The van der Waals surface area contributed by atoms with Crippen LogP contribution in [-0.2, 0) is 33.4 Å². The molecule has 14 heteroatoms. The van der Waals surface area contributed by atoms with E-state index < -0.39 is 43.1 Å². The highest BCUT2D eigenvalue weighted by atomic mass is 33.1. The average molecular weight is 784 g/mol. The number of rotatable bonds is 24. The molecule has 3 amide bonds. The van der Waals surface area contributed by atoms with Crippen LogP contribution < -0.4 is 37.6 Å². The van der Waals surface area contributed by atoms with Gasteiger partial charge in [0, 0.05) is 18.7 Å². The average Bonchev–Trinajstić information content (AvgIpc) is 3.18. The van der Waals surface area contributed by atoms with Crippen molar-refractivity contribution in [2.24, 2.45) is 5.73 Å². The van der Waals surface area contributed by atoms with Gasteiger partial charge in [-0.15, -0.1) is 0 Å². The van der Waals surface area contributed by atoms with Crippen molar-refractivity contribution in [3.63, 3.8) is 0 Å². The van der Waals surface area contributed by atoms with Crippen molar-refractivity contribution in [1.29, 1.82) is 0 Å². The fourth-order valence-electron chi connectivity index (χ4n) is 5.62. The molecule has 0 aliphatic carbocycles. The molecule has 3 aromatic rings. The first kappa shape index (κ1) is 43.5. The zero-order chi connectivity index (χ0) is 38.3. The third-order valence-electron chi connectivity index (χ3n) is 8.23. The molecule has 0 aliphatic rings. The number of hydrogen-bond acceptors (Lipinski definition) is 10. The molecule has 0 fully saturated rings. The van der Waals surface area contributed by atoms with E-state index in [0.717, 1.165) is 25.4 Å². The molecule has 0 aromatic heterocycles. The number of carbonyl (C=O) groups excluding carboxylic acids is 5. The fraction of sp³-hybridized carbons (Fsp3) is 0.410. The summed E-state index contributed by atoms with van der Waals surface area (Å²) in [5.74, 6) is -2.09. The zero-order valence-electron chi connectivity index (χ0n) is 30.5. The van der Waals surface area contributed by atoms with Crippen LogP contribution in [0.2, 0.25) is 0 Å². The quantitative estimate of drug-likeness (QED) is 0.0458. The van der Waals surface area contributed by atoms with Gasteiger partial charge in [0.2, 0.25) is 17.7 Å². The summed E-state index contributed by atoms with van der Waals surface area (Å²) >= 11 is 0. The Morgan fingerprint density at radius 2 is 1.28 bits per heavy atom. The highest BCUT2D eigenvalue weighted by Crippen LogP contribution is 2.55. The Bertz CT molecular complexity index is 1480. The minimum absolute atomic E-state index is 0.0411. The standard InChI is InChI=1S/C39H51N4O7PS2/c1-3-49-37(46)27-42-38(47)34(43-35(44)24-23-33(40)39(48)50-4-2)28-52-53-29-36(45)41-25-15-8-16-26-51(30-17-9-5-10-18-30,31-19-11-6-12-20-31)32-21-13-7-14-22-32/h5-7,9-14,17-22,33-34H,3-4,8,15-16,23-29,40H2,1-2H3,(H2-,41,42,43,44,45,47)/p+1/t33-,34-/m0/s1. The molecule has 3 aromatic carbocycles. The highest BCUT2D eigenvalue weighted by molar-refractivity contribution is 8.76. The van der Waals surface area contributed by atoms with Gasteiger partial charge >= 0.3 is 11.9 Å². The molecule has 0 radical (unpaired) electrons. The van der Waals surface area contributed by atoms with Gasteiger partial charge in [-0.3, -0.25) is 24.0 Å². The lowest BCUT2D eigenvalue weighted by atomic mass is 10.1. The van der Waals surface area contributed by atoms with E-state index in [1.165, 1.54) is 37.5 Å². The molecule has 5 N–H and O–H groups in total. The number of hydrogen-bond donors (Lipinski definition) is 4. The minimum atomic E-state index is -1.89. The van der Waals surface area contributed by atoms with Crippen molar-refractivity contribution in [1.82, 2.24) is 16.0 Å². The monoisotopic (exact) mass is 783 g/mol. The van der Waals surface area contributed by atoms with Gasteiger partial charge in [-0.05, 0) is 75.9 Å². The summed E-state index contributed by atoms with van der Waals surface area (Å²) < 4.78 is 9.73. The van der Waals surface area contributed by atoms with Crippen molar-refractivity contribution in [3.05, 3.63) is 91.0 Å². The number of nitrogens with one attached hydrogen (secondary N) is 3. The molecule has 0 saturated heterocycles. The summed E-state index contributed by atoms with van der Waals surface area (Å²) in [7, 11) is 0.630. The predicted molar refractivity (Wildman–Crippen MR) is 217 cm³/mol. The van der Waals surface area contributed by atoms with Gasteiger partial charge in [0.1, 0.15) is 41.8 Å². The van der Waals surface area contributed by atoms with E-state index in [-0.39, 0.29) is 50.0 Å². The molecule has 0 aliphatic heterocycles. The van der Waals surface area contributed by atoms with Gasteiger partial charge in [0.15, 0.2) is 0 Å². The Kier molecular flexibility index (Phi) is 20.0. The van der Waals surface area contributed by atoms with Gasteiger partial charge < -0.3 is 31.2 Å². The number of ether oxygens (including phenoxy) is 2. The molecule has 0 heterocycles. The SMILES string of the molecule is CCOC(=O)CNC(=O)[C@H](CSSCC(=O)NCCCCC[P+](c1ccccc1)(c1ccccc1)c1ccccc1)NC(=O)CC[C@H](N)C(=O)OCC. The van der Waals surface area contributed by atoms with E-state index in [4.69, 9.17) is 15.2 Å². The van der Waals surface area contributed by atoms with Crippen molar-refractivity contribution in [2.75, 3.05) is 44.0 Å².